The molecule has 3 heterocycles. The number of hydrogen-bond acceptors (Lipinski definition) is 4. The second kappa shape index (κ2) is 10.00. The second-order valence-electron chi connectivity index (χ2n) is 7.15. The molecule has 1 aliphatic rings. The Balaban J connectivity index is 1.50. The highest BCUT2D eigenvalue weighted by molar-refractivity contribution is 5.79. The molecule has 0 atom stereocenters. The van der Waals surface area contributed by atoms with Crippen LogP contribution in [0.3, 0.4) is 0 Å². The fraction of sp³-hybridized carbons (Fsp3) is 0.524. The molecule has 0 spiro atoms. The van der Waals surface area contributed by atoms with Crippen molar-refractivity contribution in [2.45, 2.75) is 39.7 Å². The molecule has 2 aromatic rings. The molecule has 27 heavy (non-hydrogen) atoms. The molecule has 0 aromatic carbocycles. The molecule has 0 aliphatic carbocycles. The Kier molecular flexibility index (Phi) is 7.13. The zero-order valence-electron chi connectivity index (χ0n) is 16.4. The largest absolute Gasteiger partial charge is 0.469 e. The summed E-state index contributed by atoms with van der Waals surface area (Å²) in [5.41, 5.74) is 1.12. The SMILES string of the molecule is CCNC(=NCc1ccc(N2CCC(C)CC2)nc1)NCCc1ccco1. The molecule has 6 nitrogen and oxygen atoms in total. The summed E-state index contributed by atoms with van der Waals surface area (Å²) in [6.45, 7) is 8.84. The fourth-order valence-corrected chi connectivity index (χ4v) is 3.21. The van der Waals surface area contributed by atoms with Gasteiger partial charge >= 0.3 is 0 Å². The first kappa shape index (κ1) is 19.3. The van der Waals surface area contributed by atoms with E-state index in [1.54, 1.807) is 6.26 Å². The van der Waals surface area contributed by atoms with Crippen molar-refractivity contribution < 1.29 is 4.42 Å². The van der Waals surface area contributed by atoms with Crippen LogP contribution in [0.25, 0.3) is 0 Å². The highest BCUT2D eigenvalue weighted by Gasteiger charge is 2.16. The van der Waals surface area contributed by atoms with Gasteiger partial charge in [-0.1, -0.05) is 13.0 Å². The lowest BCUT2D eigenvalue weighted by Crippen LogP contribution is -2.38. The molecule has 6 heteroatoms. The molecule has 2 aromatic heterocycles. The van der Waals surface area contributed by atoms with E-state index in [1.807, 2.05) is 18.3 Å². The van der Waals surface area contributed by atoms with Crippen molar-refractivity contribution in [3.63, 3.8) is 0 Å². The summed E-state index contributed by atoms with van der Waals surface area (Å²) in [7, 11) is 0. The number of piperidine rings is 1. The molecule has 3 rings (SSSR count). The van der Waals surface area contributed by atoms with Crippen molar-refractivity contribution in [3.05, 3.63) is 48.0 Å². The van der Waals surface area contributed by atoms with Gasteiger partial charge in [0.1, 0.15) is 11.6 Å². The van der Waals surface area contributed by atoms with E-state index in [4.69, 9.17) is 4.42 Å². The highest BCUT2D eigenvalue weighted by Crippen LogP contribution is 2.21. The first-order chi connectivity index (χ1) is 13.2. The predicted octanol–water partition coefficient (Wildman–Crippen LogP) is 3.21. The van der Waals surface area contributed by atoms with Crippen LogP contribution in [0.1, 0.15) is 38.0 Å². The molecule has 0 unspecified atom stereocenters. The Bertz CT molecular complexity index is 688. The first-order valence-corrected chi connectivity index (χ1v) is 9.99. The third kappa shape index (κ3) is 6.01. The van der Waals surface area contributed by atoms with Crippen molar-refractivity contribution in [1.82, 2.24) is 15.6 Å². The normalized spacial score (nSPS) is 15.8. The summed E-state index contributed by atoms with van der Waals surface area (Å²) in [6, 6.07) is 8.16. The van der Waals surface area contributed by atoms with Crippen molar-refractivity contribution in [2.24, 2.45) is 10.9 Å². The number of rotatable bonds is 7. The summed E-state index contributed by atoms with van der Waals surface area (Å²) in [6.07, 6.45) is 6.99. The minimum atomic E-state index is 0.612. The van der Waals surface area contributed by atoms with Crippen LogP contribution >= 0.6 is 0 Å². The number of anilines is 1. The molecular formula is C21H31N5O. The molecule has 146 valence electrons. The molecular weight excluding hydrogens is 338 g/mol. The average molecular weight is 370 g/mol. The predicted molar refractivity (Wildman–Crippen MR) is 110 cm³/mol. The molecule has 1 saturated heterocycles. The van der Waals surface area contributed by atoms with Crippen LogP contribution < -0.4 is 15.5 Å². The van der Waals surface area contributed by atoms with Crippen LogP contribution in [0.2, 0.25) is 0 Å². The lowest BCUT2D eigenvalue weighted by Gasteiger charge is -2.31. The third-order valence-electron chi connectivity index (χ3n) is 4.92. The van der Waals surface area contributed by atoms with E-state index >= 15 is 0 Å². The average Bonchev–Trinajstić information content (AvgIpc) is 3.21. The van der Waals surface area contributed by atoms with Crippen molar-refractivity contribution in [1.29, 1.82) is 0 Å². The van der Waals surface area contributed by atoms with Crippen molar-refractivity contribution in [2.75, 3.05) is 31.1 Å². The van der Waals surface area contributed by atoms with Crippen LogP contribution in [0.15, 0.2) is 46.1 Å². The monoisotopic (exact) mass is 369 g/mol. The standard InChI is InChI=1S/C21H31N5O/c1-3-22-21(23-11-8-19-5-4-14-27-19)25-16-18-6-7-20(24-15-18)26-12-9-17(2)10-13-26/h4-7,14-15,17H,3,8-13,16H2,1-2H3,(H2,22,23,25). The third-order valence-corrected chi connectivity index (χ3v) is 4.92. The molecule has 0 amide bonds. The van der Waals surface area contributed by atoms with Crippen molar-refractivity contribution in [3.8, 4) is 0 Å². The van der Waals surface area contributed by atoms with Crippen LogP contribution in [-0.4, -0.2) is 37.1 Å². The maximum atomic E-state index is 5.36. The van der Waals surface area contributed by atoms with Crippen LogP contribution in [0.4, 0.5) is 5.82 Å². The van der Waals surface area contributed by atoms with Gasteiger partial charge in [0.25, 0.3) is 0 Å². The Labute approximate surface area is 162 Å². The quantitative estimate of drug-likeness (QED) is 0.579. The van der Waals surface area contributed by atoms with E-state index in [0.29, 0.717) is 6.54 Å². The number of aromatic nitrogens is 1. The lowest BCUT2D eigenvalue weighted by molar-refractivity contribution is 0.436. The van der Waals surface area contributed by atoms with E-state index < -0.39 is 0 Å². The van der Waals surface area contributed by atoms with Crippen LogP contribution in [-0.2, 0) is 13.0 Å². The van der Waals surface area contributed by atoms with E-state index in [2.05, 4.69) is 51.5 Å². The van der Waals surface area contributed by atoms with Gasteiger partial charge in [0.2, 0.25) is 0 Å². The molecule has 0 saturated carbocycles. The summed E-state index contributed by atoms with van der Waals surface area (Å²) in [5.74, 6) is 3.71. The minimum absolute atomic E-state index is 0.612. The molecule has 0 radical (unpaired) electrons. The Hall–Kier alpha value is -2.50. The maximum absolute atomic E-state index is 5.36. The molecule has 2 N–H and O–H groups in total. The lowest BCUT2D eigenvalue weighted by atomic mass is 9.99. The Morgan fingerprint density at radius 3 is 2.78 bits per heavy atom. The Morgan fingerprint density at radius 1 is 1.26 bits per heavy atom. The van der Waals surface area contributed by atoms with Crippen LogP contribution in [0.5, 0.6) is 0 Å². The van der Waals surface area contributed by atoms with Gasteiger partial charge in [-0.2, -0.15) is 0 Å². The zero-order chi connectivity index (χ0) is 18.9. The van der Waals surface area contributed by atoms with Gasteiger partial charge in [0.15, 0.2) is 5.96 Å². The minimum Gasteiger partial charge on any atom is -0.469 e. The van der Waals surface area contributed by atoms with E-state index in [0.717, 1.165) is 61.6 Å². The molecule has 1 fully saturated rings. The summed E-state index contributed by atoms with van der Waals surface area (Å²) < 4.78 is 5.36. The first-order valence-electron chi connectivity index (χ1n) is 9.99. The maximum Gasteiger partial charge on any atom is 0.191 e. The Morgan fingerprint density at radius 2 is 2.11 bits per heavy atom. The van der Waals surface area contributed by atoms with Gasteiger partial charge in [0.05, 0.1) is 12.8 Å². The van der Waals surface area contributed by atoms with Gasteiger partial charge in [0, 0.05) is 38.8 Å². The zero-order valence-corrected chi connectivity index (χ0v) is 16.4. The number of pyridine rings is 1. The van der Waals surface area contributed by atoms with Gasteiger partial charge in [-0.15, -0.1) is 0 Å². The smallest absolute Gasteiger partial charge is 0.191 e. The number of aliphatic imine (C=N–C) groups is 1. The number of nitrogens with zero attached hydrogens (tertiary/aromatic N) is 3. The fourth-order valence-electron chi connectivity index (χ4n) is 3.21. The number of furan rings is 1. The highest BCUT2D eigenvalue weighted by atomic mass is 16.3. The van der Waals surface area contributed by atoms with E-state index in [1.165, 1.54) is 12.8 Å². The summed E-state index contributed by atoms with van der Waals surface area (Å²) in [4.78, 5) is 11.7. The number of guanidine groups is 1. The van der Waals surface area contributed by atoms with Gasteiger partial charge in [-0.3, -0.25) is 0 Å². The number of hydrogen-bond donors (Lipinski definition) is 2. The molecule has 0 bridgehead atoms. The van der Waals surface area contributed by atoms with Gasteiger partial charge in [-0.05, 0) is 49.4 Å². The van der Waals surface area contributed by atoms with E-state index in [9.17, 15) is 0 Å². The topological polar surface area (TPSA) is 65.7 Å². The van der Waals surface area contributed by atoms with E-state index in [-0.39, 0.29) is 0 Å². The molecule has 1 aliphatic heterocycles. The summed E-state index contributed by atoms with van der Waals surface area (Å²) >= 11 is 0. The summed E-state index contributed by atoms with van der Waals surface area (Å²) in [5, 5.41) is 6.63. The van der Waals surface area contributed by atoms with Crippen LogP contribution in [0, 0.1) is 5.92 Å². The number of nitrogens with one attached hydrogen (secondary N) is 2. The van der Waals surface area contributed by atoms with Gasteiger partial charge < -0.3 is 20.0 Å². The van der Waals surface area contributed by atoms with Gasteiger partial charge in [-0.25, -0.2) is 9.98 Å². The second-order valence-corrected chi connectivity index (χ2v) is 7.15. The van der Waals surface area contributed by atoms with Crippen molar-refractivity contribution >= 4 is 11.8 Å².